The van der Waals surface area contributed by atoms with E-state index in [4.69, 9.17) is 5.10 Å². The first kappa shape index (κ1) is 15.4. The fraction of sp³-hybridized carbons (Fsp3) is 0.263. The molecule has 0 unspecified atom stereocenters. The summed E-state index contributed by atoms with van der Waals surface area (Å²) < 4.78 is 3.10. The van der Waals surface area contributed by atoms with Crippen molar-refractivity contribution in [3.63, 3.8) is 0 Å². The molecule has 1 N–H and O–H groups in total. The van der Waals surface area contributed by atoms with E-state index in [1.807, 2.05) is 35.1 Å². The van der Waals surface area contributed by atoms with Crippen molar-refractivity contribution in [2.75, 3.05) is 11.9 Å². The maximum atomic E-state index is 4.93. The number of benzene rings is 1. The molecule has 3 heterocycles. The molecule has 122 valence electrons. The normalized spacial score (nSPS) is 13.9. The van der Waals surface area contributed by atoms with Crippen molar-refractivity contribution in [2.24, 2.45) is 0 Å². The lowest BCUT2D eigenvalue weighted by Crippen LogP contribution is -2.07. The van der Waals surface area contributed by atoms with E-state index in [0.29, 0.717) is 0 Å². The molecule has 1 aliphatic heterocycles. The summed E-state index contributed by atoms with van der Waals surface area (Å²) in [5.74, 6) is 1.14. The highest BCUT2D eigenvalue weighted by atomic mass is 79.9. The van der Waals surface area contributed by atoms with Gasteiger partial charge in [0.25, 0.3) is 0 Å². The topological polar surface area (TPSA) is 42.7 Å². The van der Waals surface area contributed by atoms with Crippen molar-refractivity contribution in [1.29, 1.82) is 0 Å². The zero-order valence-electron chi connectivity index (χ0n) is 13.4. The monoisotopic (exact) mass is 382 g/mol. The lowest BCUT2D eigenvalue weighted by molar-refractivity contribution is 0.766. The van der Waals surface area contributed by atoms with Crippen LogP contribution in [0.4, 0.5) is 5.82 Å². The Kier molecular flexibility index (Phi) is 4.34. The summed E-state index contributed by atoms with van der Waals surface area (Å²) in [6, 6.07) is 14.3. The van der Waals surface area contributed by atoms with Crippen LogP contribution in [0.25, 0.3) is 5.69 Å². The summed E-state index contributed by atoms with van der Waals surface area (Å²) in [5.41, 5.74) is 4.59. The quantitative estimate of drug-likeness (QED) is 0.731. The van der Waals surface area contributed by atoms with Crippen molar-refractivity contribution < 1.29 is 0 Å². The minimum atomic E-state index is 0.770. The molecular weight excluding hydrogens is 364 g/mol. The predicted octanol–water partition coefficient (Wildman–Crippen LogP) is 4.37. The van der Waals surface area contributed by atoms with Crippen LogP contribution in [-0.4, -0.2) is 21.3 Å². The van der Waals surface area contributed by atoms with Crippen LogP contribution in [0.3, 0.4) is 0 Å². The van der Waals surface area contributed by atoms with Gasteiger partial charge in [-0.25, -0.2) is 4.68 Å². The van der Waals surface area contributed by atoms with Gasteiger partial charge in [-0.3, -0.25) is 4.98 Å². The third kappa shape index (κ3) is 3.08. The Labute approximate surface area is 150 Å². The van der Waals surface area contributed by atoms with E-state index in [2.05, 4.69) is 44.4 Å². The Balaban J connectivity index is 1.80. The second kappa shape index (κ2) is 6.77. The summed E-state index contributed by atoms with van der Waals surface area (Å²) in [6.45, 7) is 0.996. The molecule has 0 atom stereocenters. The molecule has 0 aliphatic carbocycles. The maximum absolute atomic E-state index is 4.93. The number of rotatable bonds is 3. The molecule has 0 bridgehead atoms. The van der Waals surface area contributed by atoms with Crippen LogP contribution in [-0.2, 0) is 12.8 Å². The third-order valence-corrected chi connectivity index (χ3v) is 4.83. The number of nitrogens with zero attached hydrogens (tertiary/aromatic N) is 3. The first-order valence-electron chi connectivity index (χ1n) is 8.32. The minimum absolute atomic E-state index is 0.770. The van der Waals surface area contributed by atoms with Gasteiger partial charge in [0.2, 0.25) is 0 Å². The number of halogens is 1. The lowest BCUT2D eigenvalue weighted by atomic mass is 10.1. The first-order chi connectivity index (χ1) is 11.8. The highest BCUT2D eigenvalue weighted by Crippen LogP contribution is 2.29. The fourth-order valence-corrected chi connectivity index (χ4v) is 3.57. The van der Waals surface area contributed by atoms with Crippen LogP contribution in [0.5, 0.6) is 0 Å². The smallest absolute Gasteiger partial charge is 0.133 e. The molecule has 24 heavy (non-hydrogen) atoms. The number of aromatic nitrogens is 3. The second-order valence-electron chi connectivity index (χ2n) is 6.05. The maximum Gasteiger partial charge on any atom is 0.133 e. The van der Waals surface area contributed by atoms with E-state index in [-0.39, 0.29) is 0 Å². The van der Waals surface area contributed by atoms with Crippen LogP contribution in [0.15, 0.2) is 53.1 Å². The molecule has 2 aromatic heterocycles. The summed E-state index contributed by atoms with van der Waals surface area (Å²) in [4.78, 5) is 4.47. The van der Waals surface area contributed by atoms with Crippen molar-refractivity contribution in [3.05, 3.63) is 70.1 Å². The molecular formula is C19H19BrN4. The second-order valence-corrected chi connectivity index (χ2v) is 6.96. The molecule has 3 aromatic rings. The molecule has 0 fully saturated rings. The summed E-state index contributed by atoms with van der Waals surface area (Å²) >= 11 is 3.56. The number of hydrogen-bond donors (Lipinski definition) is 1. The van der Waals surface area contributed by atoms with Crippen molar-refractivity contribution in [2.45, 2.75) is 25.7 Å². The summed E-state index contributed by atoms with van der Waals surface area (Å²) in [5, 5.41) is 8.52. The van der Waals surface area contributed by atoms with Gasteiger partial charge in [0.1, 0.15) is 5.82 Å². The van der Waals surface area contributed by atoms with E-state index in [1.165, 1.54) is 18.4 Å². The molecule has 0 saturated carbocycles. The SMILES string of the molecule is Brc1cccc(-n2nc(Cc3ccccn3)c3c2NCCCC3)c1. The summed E-state index contributed by atoms with van der Waals surface area (Å²) in [6.07, 6.45) is 6.07. The zero-order valence-corrected chi connectivity index (χ0v) is 15.0. The molecule has 1 aliphatic rings. The highest BCUT2D eigenvalue weighted by molar-refractivity contribution is 9.10. The molecule has 5 heteroatoms. The van der Waals surface area contributed by atoms with Crippen LogP contribution in [0.2, 0.25) is 0 Å². The van der Waals surface area contributed by atoms with Gasteiger partial charge in [-0.2, -0.15) is 5.10 Å². The van der Waals surface area contributed by atoms with Crippen LogP contribution in [0, 0.1) is 0 Å². The standard InChI is InChI=1S/C19H19BrN4/c20-14-6-5-8-16(12-14)24-19-17(9-2-4-11-22-19)18(23-24)13-15-7-1-3-10-21-15/h1,3,5-8,10,12,22H,2,4,9,11,13H2. The largest absolute Gasteiger partial charge is 0.370 e. The molecule has 0 radical (unpaired) electrons. The number of anilines is 1. The molecule has 0 saturated heterocycles. The van der Waals surface area contributed by atoms with E-state index < -0.39 is 0 Å². The Morgan fingerprint density at radius 3 is 2.92 bits per heavy atom. The van der Waals surface area contributed by atoms with Crippen molar-refractivity contribution >= 4 is 21.7 Å². The van der Waals surface area contributed by atoms with Crippen LogP contribution < -0.4 is 5.32 Å². The molecule has 4 nitrogen and oxygen atoms in total. The van der Waals surface area contributed by atoms with Crippen LogP contribution in [0.1, 0.15) is 29.8 Å². The fourth-order valence-electron chi connectivity index (χ4n) is 3.18. The Hall–Kier alpha value is -2.14. The average Bonchev–Trinajstić information content (AvgIpc) is 2.78. The number of nitrogens with one attached hydrogen (secondary N) is 1. The average molecular weight is 383 g/mol. The van der Waals surface area contributed by atoms with Gasteiger partial charge in [-0.05, 0) is 49.6 Å². The van der Waals surface area contributed by atoms with Gasteiger partial charge in [0.05, 0.1) is 11.4 Å². The van der Waals surface area contributed by atoms with E-state index in [1.54, 1.807) is 0 Å². The van der Waals surface area contributed by atoms with E-state index in [0.717, 1.165) is 46.8 Å². The number of fused-ring (bicyclic) bond motifs is 1. The van der Waals surface area contributed by atoms with Gasteiger partial charge in [0.15, 0.2) is 0 Å². The van der Waals surface area contributed by atoms with E-state index >= 15 is 0 Å². The van der Waals surface area contributed by atoms with Gasteiger partial charge in [0, 0.05) is 34.9 Å². The van der Waals surface area contributed by atoms with Gasteiger partial charge >= 0.3 is 0 Å². The predicted molar refractivity (Wildman–Crippen MR) is 99.7 cm³/mol. The minimum Gasteiger partial charge on any atom is -0.370 e. The third-order valence-electron chi connectivity index (χ3n) is 4.34. The van der Waals surface area contributed by atoms with Crippen molar-refractivity contribution in [3.8, 4) is 5.69 Å². The van der Waals surface area contributed by atoms with E-state index in [9.17, 15) is 0 Å². The van der Waals surface area contributed by atoms with Crippen molar-refractivity contribution in [1.82, 2.24) is 14.8 Å². The molecule has 1 aromatic carbocycles. The van der Waals surface area contributed by atoms with Gasteiger partial charge < -0.3 is 5.32 Å². The summed E-state index contributed by atoms with van der Waals surface area (Å²) in [7, 11) is 0. The van der Waals surface area contributed by atoms with Crippen LogP contribution >= 0.6 is 15.9 Å². The molecule has 0 spiro atoms. The number of pyridine rings is 1. The molecule has 0 amide bonds. The Morgan fingerprint density at radius 1 is 1.12 bits per heavy atom. The molecule has 4 rings (SSSR count). The number of hydrogen-bond acceptors (Lipinski definition) is 3. The first-order valence-corrected chi connectivity index (χ1v) is 9.11. The lowest BCUT2D eigenvalue weighted by Gasteiger charge is -2.09. The van der Waals surface area contributed by atoms with Gasteiger partial charge in [-0.1, -0.05) is 28.1 Å². The van der Waals surface area contributed by atoms with Gasteiger partial charge in [-0.15, -0.1) is 0 Å². The zero-order chi connectivity index (χ0) is 16.4. The highest BCUT2D eigenvalue weighted by Gasteiger charge is 2.21. The Bertz CT molecular complexity index is 842. The Morgan fingerprint density at radius 2 is 2.08 bits per heavy atom.